The third-order valence-electron chi connectivity index (χ3n) is 4.76. The fourth-order valence-corrected chi connectivity index (χ4v) is 3.77. The summed E-state index contributed by atoms with van der Waals surface area (Å²) in [6.07, 6.45) is 9.00. The maximum absolute atomic E-state index is 12.6. The second kappa shape index (κ2) is 6.47. The zero-order chi connectivity index (χ0) is 16.4. The summed E-state index contributed by atoms with van der Waals surface area (Å²) in [4.78, 5) is 22.9. The molecule has 2 bridgehead atoms. The van der Waals surface area contributed by atoms with Crippen molar-refractivity contribution in [2.75, 3.05) is 5.32 Å². The van der Waals surface area contributed by atoms with Gasteiger partial charge in [0, 0.05) is 43.4 Å². The Morgan fingerprint density at radius 1 is 1.12 bits per heavy atom. The molecule has 4 rings (SSSR count). The number of hydrogen-bond acceptors (Lipinski definition) is 4. The number of anilines is 1. The number of hydrogen-bond donors (Lipinski definition) is 1. The van der Waals surface area contributed by atoms with Crippen LogP contribution in [0.15, 0.2) is 48.9 Å². The lowest BCUT2D eigenvalue weighted by molar-refractivity contribution is 0.0704. The summed E-state index contributed by atoms with van der Waals surface area (Å²) in [5, 5.41) is 2.95. The highest BCUT2D eigenvalue weighted by atomic mass is 16.5. The van der Waals surface area contributed by atoms with Gasteiger partial charge in [-0.2, -0.15) is 0 Å². The summed E-state index contributed by atoms with van der Waals surface area (Å²) in [5.41, 5.74) is 0.730. The van der Waals surface area contributed by atoms with Crippen molar-refractivity contribution < 1.29 is 9.53 Å². The second-order valence-electron chi connectivity index (χ2n) is 6.34. The molecule has 2 aliphatic rings. The Morgan fingerprint density at radius 3 is 2.62 bits per heavy atom. The smallest absolute Gasteiger partial charge is 0.322 e. The molecule has 0 spiro atoms. The van der Waals surface area contributed by atoms with Gasteiger partial charge in [0.2, 0.25) is 5.88 Å². The van der Waals surface area contributed by atoms with Crippen LogP contribution >= 0.6 is 0 Å². The third kappa shape index (κ3) is 3.04. The van der Waals surface area contributed by atoms with Crippen molar-refractivity contribution in [2.24, 2.45) is 0 Å². The van der Waals surface area contributed by atoms with Crippen LogP contribution in [0.4, 0.5) is 10.5 Å². The Bertz CT molecular complexity index is 681. The third-order valence-corrected chi connectivity index (χ3v) is 4.76. The number of pyridine rings is 2. The molecule has 2 amide bonds. The van der Waals surface area contributed by atoms with Crippen molar-refractivity contribution in [3.05, 3.63) is 48.9 Å². The highest BCUT2D eigenvalue weighted by Crippen LogP contribution is 2.37. The van der Waals surface area contributed by atoms with E-state index in [0.29, 0.717) is 5.88 Å². The van der Waals surface area contributed by atoms with E-state index in [1.165, 1.54) is 0 Å². The number of urea groups is 1. The number of ether oxygens (including phenoxy) is 1. The molecule has 2 aromatic rings. The van der Waals surface area contributed by atoms with E-state index in [9.17, 15) is 4.79 Å². The predicted octanol–water partition coefficient (Wildman–Crippen LogP) is 3.08. The average molecular weight is 324 g/mol. The first-order valence-corrected chi connectivity index (χ1v) is 8.36. The number of aromatic nitrogens is 2. The van der Waals surface area contributed by atoms with E-state index in [2.05, 4.69) is 15.3 Å². The molecular formula is C18H20N4O2. The molecule has 0 radical (unpaired) electrons. The molecule has 0 aliphatic carbocycles. The Kier molecular flexibility index (Phi) is 4.02. The molecular weight excluding hydrogens is 304 g/mol. The van der Waals surface area contributed by atoms with Crippen LogP contribution in [0.1, 0.15) is 25.7 Å². The van der Waals surface area contributed by atoms with Crippen LogP contribution in [0.2, 0.25) is 0 Å². The van der Waals surface area contributed by atoms with E-state index in [0.717, 1.165) is 31.4 Å². The van der Waals surface area contributed by atoms with E-state index in [4.69, 9.17) is 4.74 Å². The Labute approximate surface area is 140 Å². The van der Waals surface area contributed by atoms with Gasteiger partial charge in [-0.05, 0) is 31.0 Å². The Balaban J connectivity index is 1.40. The van der Waals surface area contributed by atoms with Crippen molar-refractivity contribution >= 4 is 11.7 Å². The van der Waals surface area contributed by atoms with Crippen molar-refractivity contribution in [1.82, 2.24) is 14.9 Å². The van der Waals surface area contributed by atoms with Gasteiger partial charge in [0.1, 0.15) is 6.10 Å². The topological polar surface area (TPSA) is 67.4 Å². The highest BCUT2D eigenvalue weighted by Gasteiger charge is 2.44. The minimum atomic E-state index is -0.0354. The molecule has 2 saturated heterocycles. The predicted molar refractivity (Wildman–Crippen MR) is 89.8 cm³/mol. The Morgan fingerprint density at radius 2 is 1.96 bits per heavy atom. The molecule has 2 aliphatic heterocycles. The molecule has 24 heavy (non-hydrogen) atoms. The van der Waals surface area contributed by atoms with E-state index in [1.807, 2.05) is 35.2 Å². The molecule has 124 valence electrons. The molecule has 4 heterocycles. The van der Waals surface area contributed by atoms with Gasteiger partial charge in [0.25, 0.3) is 0 Å². The van der Waals surface area contributed by atoms with Crippen LogP contribution in [0.25, 0.3) is 0 Å². The molecule has 0 saturated carbocycles. The molecule has 2 unspecified atom stereocenters. The maximum atomic E-state index is 12.6. The first-order valence-electron chi connectivity index (χ1n) is 8.36. The summed E-state index contributed by atoms with van der Waals surface area (Å²) in [5.74, 6) is 0.662. The maximum Gasteiger partial charge on any atom is 0.322 e. The van der Waals surface area contributed by atoms with Gasteiger partial charge in [0.05, 0.1) is 11.9 Å². The first kappa shape index (κ1) is 14.9. The molecule has 2 atom stereocenters. The lowest BCUT2D eigenvalue weighted by Gasteiger charge is -2.38. The summed E-state index contributed by atoms with van der Waals surface area (Å²) in [7, 11) is 0. The van der Waals surface area contributed by atoms with Crippen molar-refractivity contribution in [1.29, 1.82) is 0 Å². The van der Waals surface area contributed by atoms with Gasteiger partial charge >= 0.3 is 6.03 Å². The van der Waals surface area contributed by atoms with Crippen molar-refractivity contribution in [3.63, 3.8) is 0 Å². The monoisotopic (exact) mass is 324 g/mol. The van der Waals surface area contributed by atoms with Crippen LogP contribution in [-0.4, -0.2) is 39.1 Å². The van der Waals surface area contributed by atoms with Crippen LogP contribution in [0, 0.1) is 0 Å². The SMILES string of the molecule is O=C(Nc1cccnc1)N1C2CCC1CC(Oc1ccccn1)C2. The number of piperidine rings is 1. The number of fused-ring (bicyclic) bond motifs is 2. The van der Waals surface area contributed by atoms with Gasteiger partial charge in [-0.3, -0.25) is 4.98 Å². The normalized spacial score (nSPS) is 25.3. The van der Waals surface area contributed by atoms with Gasteiger partial charge < -0.3 is 15.0 Å². The molecule has 6 heteroatoms. The highest BCUT2D eigenvalue weighted by molar-refractivity contribution is 5.89. The van der Waals surface area contributed by atoms with Crippen molar-refractivity contribution in [2.45, 2.75) is 43.9 Å². The number of rotatable bonds is 3. The number of carbonyl (C=O) groups is 1. The molecule has 2 fully saturated rings. The molecule has 0 aromatic carbocycles. The standard InChI is InChI=1S/C18H20N4O2/c23-18(21-13-4-3-8-19-12-13)22-14-6-7-15(22)11-16(10-14)24-17-5-1-2-9-20-17/h1-5,8-9,12,14-16H,6-7,10-11H2,(H,21,23). The summed E-state index contributed by atoms with van der Waals surface area (Å²) in [6, 6.07) is 9.77. The average Bonchev–Trinajstić information content (AvgIpc) is 2.88. The quantitative estimate of drug-likeness (QED) is 0.942. The summed E-state index contributed by atoms with van der Waals surface area (Å²) in [6.45, 7) is 0. The molecule has 2 aromatic heterocycles. The minimum absolute atomic E-state index is 0.0354. The summed E-state index contributed by atoms with van der Waals surface area (Å²) >= 11 is 0. The fourth-order valence-electron chi connectivity index (χ4n) is 3.77. The zero-order valence-electron chi connectivity index (χ0n) is 13.3. The Hall–Kier alpha value is -2.63. The summed E-state index contributed by atoms with van der Waals surface area (Å²) < 4.78 is 6.00. The first-order chi connectivity index (χ1) is 11.8. The van der Waals surface area contributed by atoms with E-state index in [1.54, 1.807) is 18.6 Å². The van der Waals surface area contributed by atoms with E-state index >= 15 is 0 Å². The van der Waals surface area contributed by atoms with E-state index < -0.39 is 0 Å². The largest absolute Gasteiger partial charge is 0.474 e. The lowest BCUT2D eigenvalue weighted by atomic mass is 10.00. The van der Waals surface area contributed by atoms with Gasteiger partial charge in [-0.1, -0.05) is 6.07 Å². The van der Waals surface area contributed by atoms with Gasteiger partial charge in [-0.25, -0.2) is 9.78 Å². The second-order valence-corrected chi connectivity index (χ2v) is 6.34. The zero-order valence-corrected chi connectivity index (χ0v) is 13.3. The lowest BCUT2D eigenvalue weighted by Crippen LogP contribution is -2.50. The number of nitrogens with one attached hydrogen (secondary N) is 1. The minimum Gasteiger partial charge on any atom is -0.474 e. The van der Waals surface area contributed by atoms with E-state index in [-0.39, 0.29) is 24.2 Å². The number of carbonyl (C=O) groups excluding carboxylic acids is 1. The van der Waals surface area contributed by atoms with Crippen LogP contribution in [0.3, 0.4) is 0 Å². The van der Waals surface area contributed by atoms with Crippen LogP contribution in [-0.2, 0) is 0 Å². The number of nitrogens with zero attached hydrogens (tertiary/aromatic N) is 3. The van der Waals surface area contributed by atoms with Crippen LogP contribution in [0.5, 0.6) is 5.88 Å². The molecule has 1 N–H and O–H groups in total. The molecule has 6 nitrogen and oxygen atoms in total. The fraction of sp³-hybridized carbons (Fsp3) is 0.389. The van der Waals surface area contributed by atoms with Gasteiger partial charge in [-0.15, -0.1) is 0 Å². The van der Waals surface area contributed by atoms with Gasteiger partial charge in [0.15, 0.2) is 0 Å². The number of amides is 2. The van der Waals surface area contributed by atoms with Crippen molar-refractivity contribution in [3.8, 4) is 5.88 Å². The van der Waals surface area contributed by atoms with Crippen LogP contribution < -0.4 is 10.1 Å².